The van der Waals surface area contributed by atoms with Gasteiger partial charge in [0.15, 0.2) is 0 Å². The van der Waals surface area contributed by atoms with Crippen LogP contribution in [0.5, 0.6) is 0 Å². The van der Waals surface area contributed by atoms with E-state index in [1.807, 2.05) is 11.9 Å². The number of benzene rings is 1. The van der Waals surface area contributed by atoms with Crippen molar-refractivity contribution in [2.45, 2.75) is 37.5 Å². The molecule has 0 atom stereocenters. The highest BCUT2D eigenvalue weighted by Crippen LogP contribution is 2.29. The van der Waals surface area contributed by atoms with Gasteiger partial charge in [0.25, 0.3) is 0 Å². The van der Waals surface area contributed by atoms with Crippen LogP contribution in [-0.2, 0) is 5.41 Å². The zero-order chi connectivity index (χ0) is 10.9. The van der Waals surface area contributed by atoms with Crippen molar-refractivity contribution in [2.75, 3.05) is 13.1 Å². The molecular formula is C13H19NS. The van der Waals surface area contributed by atoms with Gasteiger partial charge in [0.2, 0.25) is 0 Å². The molecule has 0 saturated carbocycles. The lowest BCUT2D eigenvalue weighted by atomic mass is 9.87. The third kappa shape index (κ3) is 2.76. The zero-order valence-electron chi connectivity index (χ0n) is 9.79. The molecular weight excluding hydrogens is 202 g/mol. The average Bonchev–Trinajstić information content (AvgIpc) is 2.11. The Morgan fingerprint density at radius 1 is 1.07 bits per heavy atom. The molecule has 0 aliphatic carbocycles. The van der Waals surface area contributed by atoms with Crippen LogP contribution in [0.2, 0.25) is 0 Å². The predicted octanol–water partition coefficient (Wildman–Crippen LogP) is 3.70. The fraction of sp³-hybridized carbons (Fsp3) is 0.538. The Kier molecular flexibility index (Phi) is 3.08. The van der Waals surface area contributed by atoms with E-state index < -0.39 is 0 Å². The minimum absolute atomic E-state index is 0.264. The third-order valence-electron chi connectivity index (χ3n) is 2.77. The Balaban J connectivity index is 2.03. The second kappa shape index (κ2) is 4.18. The van der Waals surface area contributed by atoms with Crippen LogP contribution in [0.3, 0.4) is 0 Å². The van der Waals surface area contributed by atoms with Crippen molar-refractivity contribution in [1.29, 1.82) is 0 Å². The topological polar surface area (TPSA) is 3.24 Å². The Morgan fingerprint density at radius 2 is 1.67 bits per heavy atom. The summed E-state index contributed by atoms with van der Waals surface area (Å²) in [5.41, 5.74) is 1.68. The normalized spacial score (nSPS) is 17.5. The first kappa shape index (κ1) is 11.0. The molecule has 82 valence electrons. The van der Waals surface area contributed by atoms with Crippen molar-refractivity contribution in [1.82, 2.24) is 4.31 Å². The average molecular weight is 221 g/mol. The molecule has 1 aliphatic heterocycles. The van der Waals surface area contributed by atoms with Gasteiger partial charge in [0.1, 0.15) is 0 Å². The van der Waals surface area contributed by atoms with Gasteiger partial charge in [-0.15, -0.1) is 0 Å². The number of hydrogen-bond acceptors (Lipinski definition) is 2. The van der Waals surface area contributed by atoms with E-state index >= 15 is 0 Å². The van der Waals surface area contributed by atoms with E-state index in [-0.39, 0.29) is 5.41 Å². The Labute approximate surface area is 97.0 Å². The van der Waals surface area contributed by atoms with Gasteiger partial charge in [0, 0.05) is 18.0 Å². The summed E-state index contributed by atoms with van der Waals surface area (Å²) < 4.78 is 2.41. The lowest BCUT2D eigenvalue weighted by Crippen LogP contribution is -2.30. The molecule has 1 nitrogen and oxygen atoms in total. The van der Waals surface area contributed by atoms with Crippen molar-refractivity contribution in [3.63, 3.8) is 0 Å². The molecule has 1 aliphatic rings. The molecule has 1 saturated heterocycles. The molecule has 2 heteroatoms. The van der Waals surface area contributed by atoms with Crippen LogP contribution in [0.15, 0.2) is 29.2 Å². The van der Waals surface area contributed by atoms with Crippen LogP contribution in [0, 0.1) is 0 Å². The quantitative estimate of drug-likeness (QED) is 0.701. The van der Waals surface area contributed by atoms with E-state index in [2.05, 4.69) is 49.3 Å². The van der Waals surface area contributed by atoms with Crippen LogP contribution in [0.4, 0.5) is 0 Å². The maximum Gasteiger partial charge on any atom is 0.0230 e. The van der Waals surface area contributed by atoms with E-state index in [1.54, 1.807) is 0 Å². The monoisotopic (exact) mass is 221 g/mol. The summed E-state index contributed by atoms with van der Waals surface area (Å²) in [6, 6.07) is 8.98. The fourth-order valence-corrected chi connectivity index (χ4v) is 2.54. The third-order valence-corrected chi connectivity index (χ3v) is 3.88. The Hall–Kier alpha value is -0.470. The number of rotatable bonds is 2. The highest BCUT2D eigenvalue weighted by molar-refractivity contribution is 7.97. The highest BCUT2D eigenvalue weighted by Gasteiger charge is 2.16. The maximum atomic E-state index is 2.41. The molecule has 1 fully saturated rings. The SMILES string of the molecule is CC(C)(C)c1ccc(SN2CCC2)cc1. The molecule has 0 bridgehead atoms. The van der Waals surface area contributed by atoms with E-state index in [9.17, 15) is 0 Å². The standard InChI is InChI=1S/C13H19NS/c1-13(2,3)11-5-7-12(8-6-11)15-14-9-4-10-14/h5-8H,4,9-10H2,1-3H3. The van der Waals surface area contributed by atoms with E-state index in [4.69, 9.17) is 0 Å². The van der Waals surface area contributed by atoms with Gasteiger partial charge >= 0.3 is 0 Å². The van der Waals surface area contributed by atoms with Crippen LogP contribution in [-0.4, -0.2) is 17.4 Å². The first-order valence-electron chi connectivity index (χ1n) is 5.59. The van der Waals surface area contributed by atoms with Crippen LogP contribution >= 0.6 is 11.9 Å². The lowest BCUT2D eigenvalue weighted by Gasteiger charge is -2.29. The molecule has 1 heterocycles. The zero-order valence-corrected chi connectivity index (χ0v) is 10.6. The molecule has 0 spiro atoms. The molecule has 2 rings (SSSR count). The largest absolute Gasteiger partial charge is 0.246 e. The summed E-state index contributed by atoms with van der Waals surface area (Å²) >= 11 is 1.88. The van der Waals surface area contributed by atoms with Crippen molar-refractivity contribution in [3.05, 3.63) is 29.8 Å². The predicted molar refractivity (Wildman–Crippen MR) is 67.2 cm³/mol. The van der Waals surface area contributed by atoms with Crippen molar-refractivity contribution < 1.29 is 0 Å². The Morgan fingerprint density at radius 3 is 2.07 bits per heavy atom. The minimum Gasteiger partial charge on any atom is -0.246 e. The van der Waals surface area contributed by atoms with Gasteiger partial charge in [-0.25, -0.2) is 4.31 Å². The minimum atomic E-state index is 0.264. The van der Waals surface area contributed by atoms with Crippen LogP contribution in [0.25, 0.3) is 0 Å². The molecule has 0 unspecified atom stereocenters. The summed E-state index contributed by atoms with van der Waals surface area (Å²) in [6.45, 7) is 9.25. The summed E-state index contributed by atoms with van der Waals surface area (Å²) in [5.74, 6) is 0. The van der Waals surface area contributed by atoms with Crippen molar-refractivity contribution in [3.8, 4) is 0 Å². The van der Waals surface area contributed by atoms with Crippen LogP contribution < -0.4 is 0 Å². The molecule has 0 aromatic heterocycles. The number of nitrogens with zero attached hydrogens (tertiary/aromatic N) is 1. The van der Waals surface area contributed by atoms with E-state index in [0.29, 0.717) is 0 Å². The highest BCUT2D eigenvalue weighted by atomic mass is 32.2. The first-order valence-corrected chi connectivity index (χ1v) is 6.36. The van der Waals surface area contributed by atoms with Crippen molar-refractivity contribution >= 4 is 11.9 Å². The Bertz CT molecular complexity index is 319. The molecule has 15 heavy (non-hydrogen) atoms. The van der Waals surface area contributed by atoms with Gasteiger partial charge in [-0.05, 0) is 41.5 Å². The second-order valence-corrected chi connectivity index (χ2v) is 6.32. The summed E-state index contributed by atoms with van der Waals surface area (Å²) in [5, 5.41) is 0. The molecule has 0 N–H and O–H groups in total. The van der Waals surface area contributed by atoms with E-state index in [1.165, 1.54) is 30.0 Å². The first-order chi connectivity index (χ1) is 7.05. The number of hydrogen-bond donors (Lipinski definition) is 0. The molecule has 0 amide bonds. The van der Waals surface area contributed by atoms with Crippen molar-refractivity contribution in [2.24, 2.45) is 0 Å². The van der Waals surface area contributed by atoms with Crippen LogP contribution in [0.1, 0.15) is 32.8 Å². The van der Waals surface area contributed by atoms with Gasteiger partial charge < -0.3 is 0 Å². The second-order valence-electron chi connectivity index (χ2n) is 5.15. The molecule has 0 radical (unpaired) electrons. The van der Waals surface area contributed by atoms with Gasteiger partial charge in [-0.1, -0.05) is 32.9 Å². The smallest absolute Gasteiger partial charge is 0.0230 e. The molecule has 1 aromatic rings. The van der Waals surface area contributed by atoms with Gasteiger partial charge in [-0.3, -0.25) is 0 Å². The summed E-state index contributed by atoms with van der Waals surface area (Å²) in [4.78, 5) is 1.36. The van der Waals surface area contributed by atoms with E-state index in [0.717, 1.165) is 0 Å². The fourth-order valence-electron chi connectivity index (χ4n) is 1.54. The molecule has 1 aromatic carbocycles. The van der Waals surface area contributed by atoms with Gasteiger partial charge in [0.05, 0.1) is 0 Å². The summed E-state index contributed by atoms with van der Waals surface area (Å²) in [6.07, 6.45) is 1.35. The van der Waals surface area contributed by atoms with Gasteiger partial charge in [-0.2, -0.15) is 0 Å². The maximum absolute atomic E-state index is 2.41. The summed E-state index contributed by atoms with van der Waals surface area (Å²) in [7, 11) is 0. The lowest BCUT2D eigenvalue weighted by molar-refractivity contribution is 0.344.